The van der Waals surface area contributed by atoms with Crippen LogP contribution in [0.2, 0.25) is 0 Å². The lowest BCUT2D eigenvalue weighted by molar-refractivity contribution is -0.116. The summed E-state index contributed by atoms with van der Waals surface area (Å²) in [6, 6.07) is 11.9. The summed E-state index contributed by atoms with van der Waals surface area (Å²) >= 11 is 0. The molecule has 0 fully saturated rings. The average molecular weight is 300 g/mol. The highest BCUT2D eigenvalue weighted by atomic mass is 19.1. The minimum atomic E-state index is -0.246. The number of rotatable bonds is 5. The highest BCUT2D eigenvalue weighted by Crippen LogP contribution is 2.19. The molecule has 116 valence electrons. The fraction of sp³-hybridized carbons (Fsp3) is 0.278. The Hall–Kier alpha value is -2.36. The molecule has 0 aliphatic carbocycles. The van der Waals surface area contributed by atoms with Crippen LogP contribution in [0.15, 0.2) is 42.5 Å². The smallest absolute Gasteiger partial charge is 0.224 e. The van der Waals surface area contributed by atoms with Gasteiger partial charge in [0.15, 0.2) is 0 Å². The predicted molar refractivity (Wildman–Crippen MR) is 88.1 cm³/mol. The number of benzene rings is 2. The molecule has 1 amide bonds. The van der Waals surface area contributed by atoms with Crippen molar-refractivity contribution in [2.75, 3.05) is 11.1 Å². The standard InChI is InChI=1S/C18H21FN2O/c1-12(8-14-4-3-5-15(19)10-14)9-18(22)21-17-11-16(20)7-6-13(17)2/h3-7,10-12H,8-9,20H2,1-2H3,(H,21,22). The van der Waals surface area contributed by atoms with Gasteiger partial charge in [-0.05, 0) is 54.7 Å². The monoisotopic (exact) mass is 300 g/mol. The highest BCUT2D eigenvalue weighted by Gasteiger charge is 2.11. The van der Waals surface area contributed by atoms with E-state index < -0.39 is 0 Å². The molecule has 0 radical (unpaired) electrons. The maximum Gasteiger partial charge on any atom is 0.224 e. The van der Waals surface area contributed by atoms with Gasteiger partial charge in [-0.3, -0.25) is 4.79 Å². The second-order valence-corrected chi connectivity index (χ2v) is 5.77. The molecule has 2 rings (SSSR count). The third kappa shape index (κ3) is 4.58. The van der Waals surface area contributed by atoms with Crippen LogP contribution in [-0.4, -0.2) is 5.91 Å². The molecule has 0 heterocycles. The van der Waals surface area contributed by atoms with Crippen molar-refractivity contribution in [3.63, 3.8) is 0 Å². The number of hydrogen-bond acceptors (Lipinski definition) is 2. The van der Waals surface area contributed by atoms with Crippen LogP contribution in [0, 0.1) is 18.7 Å². The fourth-order valence-corrected chi connectivity index (χ4v) is 2.43. The van der Waals surface area contributed by atoms with E-state index in [0.717, 1.165) is 16.8 Å². The summed E-state index contributed by atoms with van der Waals surface area (Å²) in [6.45, 7) is 3.90. The predicted octanol–water partition coefficient (Wildman–Crippen LogP) is 3.92. The van der Waals surface area contributed by atoms with Gasteiger partial charge >= 0.3 is 0 Å². The third-order valence-corrected chi connectivity index (χ3v) is 3.54. The summed E-state index contributed by atoms with van der Waals surface area (Å²) in [5.74, 6) is -0.176. The first-order valence-electron chi connectivity index (χ1n) is 7.34. The maximum absolute atomic E-state index is 13.2. The number of carbonyl (C=O) groups is 1. The molecule has 2 aromatic rings. The number of carbonyl (C=O) groups excluding carboxylic acids is 1. The molecule has 4 heteroatoms. The molecule has 0 bridgehead atoms. The molecule has 3 N–H and O–H groups in total. The molecule has 2 aromatic carbocycles. The first kappa shape index (κ1) is 16.0. The van der Waals surface area contributed by atoms with E-state index in [1.165, 1.54) is 12.1 Å². The summed E-state index contributed by atoms with van der Waals surface area (Å²) in [5, 5.41) is 2.89. The van der Waals surface area contributed by atoms with Crippen molar-refractivity contribution in [1.29, 1.82) is 0 Å². The lowest BCUT2D eigenvalue weighted by Gasteiger charge is -2.13. The highest BCUT2D eigenvalue weighted by molar-refractivity contribution is 5.92. The van der Waals surface area contributed by atoms with Crippen LogP contribution in [0.4, 0.5) is 15.8 Å². The lowest BCUT2D eigenvalue weighted by atomic mass is 9.97. The Morgan fingerprint density at radius 2 is 2.05 bits per heavy atom. The summed E-state index contributed by atoms with van der Waals surface area (Å²) in [7, 11) is 0. The summed E-state index contributed by atoms with van der Waals surface area (Å²) in [5.41, 5.74) is 8.97. The lowest BCUT2D eigenvalue weighted by Crippen LogP contribution is -2.17. The van der Waals surface area contributed by atoms with Gasteiger partial charge in [0.05, 0.1) is 0 Å². The Labute approximate surface area is 130 Å². The van der Waals surface area contributed by atoms with E-state index in [-0.39, 0.29) is 17.6 Å². The average Bonchev–Trinajstić information content (AvgIpc) is 2.42. The van der Waals surface area contributed by atoms with Crippen LogP contribution in [0.1, 0.15) is 24.5 Å². The molecule has 22 heavy (non-hydrogen) atoms. The quantitative estimate of drug-likeness (QED) is 0.822. The van der Waals surface area contributed by atoms with Gasteiger partial charge in [0.2, 0.25) is 5.91 Å². The number of hydrogen-bond donors (Lipinski definition) is 2. The van der Waals surface area contributed by atoms with Crippen LogP contribution in [0.5, 0.6) is 0 Å². The Balaban J connectivity index is 1.92. The minimum Gasteiger partial charge on any atom is -0.399 e. The zero-order valence-corrected chi connectivity index (χ0v) is 12.9. The number of nitrogens with two attached hydrogens (primary N) is 1. The zero-order chi connectivity index (χ0) is 16.1. The Morgan fingerprint density at radius 1 is 1.27 bits per heavy atom. The fourth-order valence-electron chi connectivity index (χ4n) is 2.43. The van der Waals surface area contributed by atoms with Crippen molar-refractivity contribution in [3.05, 3.63) is 59.4 Å². The number of anilines is 2. The van der Waals surface area contributed by atoms with Gasteiger partial charge < -0.3 is 11.1 Å². The molecule has 1 unspecified atom stereocenters. The van der Waals surface area contributed by atoms with Crippen LogP contribution >= 0.6 is 0 Å². The Kier molecular flexibility index (Phi) is 5.15. The van der Waals surface area contributed by atoms with Crippen LogP contribution in [0.3, 0.4) is 0 Å². The van der Waals surface area contributed by atoms with Crippen molar-refractivity contribution >= 4 is 17.3 Å². The molecular formula is C18H21FN2O. The van der Waals surface area contributed by atoms with E-state index in [2.05, 4.69) is 5.32 Å². The first-order valence-corrected chi connectivity index (χ1v) is 7.34. The van der Waals surface area contributed by atoms with Gasteiger partial charge in [-0.25, -0.2) is 4.39 Å². The third-order valence-electron chi connectivity index (χ3n) is 3.54. The van der Waals surface area contributed by atoms with Crippen LogP contribution < -0.4 is 11.1 Å². The largest absolute Gasteiger partial charge is 0.399 e. The zero-order valence-electron chi connectivity index (χ0n) is 12.9. The second kappa shape index (κ2) is 7.07. The van der Waals surface area contributed by atoms with Gasteiger partial charge in [-0.1, -0.05) is 25.1 Å². The van der Waals surface area contributed by atoms with Crippen molar-refractivity contribution in [3.8, 4) is 0 Å². The van der Waals surface area contributed by atoms with Crippen LogP contribution in [0.25, 0.3) is 0 Å². The molecule has 1 atom stereocenters. The normalized spacial score (nSPS) is 12.0. The van der Waals surface area contributed by atoms with E-state index in [1.54, 1.807) is 18.2 Å². The van der Waals surface area contributed by atoms with Crippen molar-refractivity contribution in [1.82, 2.24) is 0 Å². The number of nitrogen functional groups attached to an aromatic ring is 1. The molecular weight excluding hydrogens is 279 g/mol. The molecule has 3 nitrogen and oxygen atoms in total. The molecule has 0 spiro atoms. The molecule has 0 aliphatic heterocycles. The second-order valence-electron chi connectivity index (χ2n) is 5.77. The summed E-state index contributed by atoms with van der Waals surface area (Å²) in [4.78, 5) is 12.1. The van der Waals surface area contributed by atoms with E-state index in [0.29, 0.717) is 18.5 Å². The summed E-state index contributed by atoms with van der Waals surface area (Å²) < 4.78 is 13.2. The number of aryl methyl sites for hydroxylation is 1. The van der Waals surface area contributed by atoms with E-state index >= 15 is 0 Å². The van der Waals surface area contributed by atoms with Gasteiger partial charge in [-0.2, -0.15) is 0 Å². The minimum absolute atomic E-state index is 0.0578. The topological polar surface area (TPSA) is 55.1 Å². The molecule has 0 aromatic heterocycles. The Bertz CT molecular complexity index is 670. The van der Waals surface area contributed by atoms with Gasteiger partial charge in [0, 0.05) is 17.8 Å². The van der Waals surface area contributed by atoms with E-state index in [1.807, 2.05) is 26.0 Å². The van der Waals surface area contributed by atoms with Crippen molar-refractivity contribution < 1.29 is 9.18 Å². The van der Waals surface area contributed by atoms with Gasteiger partial charge in [0.1, 0.15) is 5.82 Å². The Morgan fingerprint density at radius 3 is 2.77 bits per heavy atom. The SMILES string of the molecule is Cc1ccc(N)cc1NC(=O)CC(C)Cc1cccc(F)c1. The van der Waals surface area contributed by atoms with Gasteiger partial charge in [0.25, 0.3) is 0 Å². The maximum atomic E-state index is 13.2. The number of nitrogens with one attached hydrogen (secondary N) is 1. The van der Waals surface area contributed by atoms with E-state index in [4.69, 9.17) is 5.73 Å². The molecule has 0 saturated heterocycles. The van der Waals surface area contributed by atoms with E-state index in [9.17, 15) is 9.18 Å². The molecule has 0 aliphatic rings. The van der Waals surface area contributed by atoms with Crippen molar-refractivity contribution in [2.24, 2.45) is 5.92 Å². The summed E-state index contributed by atoms with van der Waals surface area (Å²) in [6.07, 6.45) is 1.05. The van der Waals surface area contributed by atoms with Crippen LogP contribution in [-0.2, 0) is 11.2 Å². The molecule has 0 saturated carbocycles. The number of amides is 1. The van der Waals surface area contributed by atoms with Crippen molar-refractivity contribution in [2.45, 2.75) is 26.7 Å². The van der Waals surface area contributed by atoms with Gasteiger partial charge in [-0.15, -0.1) is 0 Å². The first-order chi connectivity index (χ1) is 10.4. The number of halogens is 1.